The molecule has 0 spiro atoms. The van der Waals surface area contributed by atoms with E-state index in [9.17, 15) is 0 Å². The Labute approximate surface area is 104 Å². The first-order chi connectivity index (χ1) is 8.20. The molecule has 2 fully saturated rings. The van der Waals surface area contributed by atoms with Crippen molar-refractivity contribution in [1.29, 1.82) is 0 Å². The van der Waals surface area contributed by atoms with Crippen LogP contribution in [0.4, 0.5) is 0 Å². The first-order valence-electron chi connectivity index (χ1n) is 6.92. The molecule has 2 saturated carbocycles. The number of benzene rings is 1. The van der Waals surface area contributed by atoms with E-state index < -0.39 is 0 Å². The number of hydrogen-bond donors (Lipinski definition) is 0. The molecule has 0 amide bonds. The van der Waals surface area contributed by atoms with Crippen molar-refractivity contribution in [3.05, 3.63) is 28.8 Å². The highest BCUT2D eigenvalue weighted by Crippen LogP contribution is 2.51. The summed E-state index contributed by atoms with van der Waals surface area (Å²) in [5.74, 6) is 3.34. The molecule has 0 N–H and O–H groups in total. The molecule has 3 rings (SSSR count). The van der Waals surface area contributed by atoms with Gasteiger partial charge in [0.1, 0.15) is 5.75 Å². The van der Waals surface area contributed by atoms with E-state index in [1.165, 1.54) is 31.2 Å². The molecule has 2 aliphatic rings. The van der Waals surface area contributed by atoms with Gasteiger partial charge in [-0.3, -0.25) is 0 Å². The standard InChI is InChI=1S/C16H22O/c1-10(2)13-8-14(11-4-5-11)15(12-6-7-12)9-16(13)17-3/h8-12H,4-7H2,1-3H3. The third-order valence-corrected chi connectivity index (χ3v) is 4.09. The Morgan fingerprint density at radius 1 is 1.00 bits per heavy atom. The maximum Gasteiger partial charge on any atom is 0.122 e. The monoisotopic (exact) mass is 230 g/mol. The zero-order valence-corrected chi connectivity index (χ0v) is 11.1. The molecule has 1 aromatic carbocycles. The van der Waals surface area contributed by atoms with E-state index in [0.717, 1.165) is 17.6 Å². The number of rotatable bonds is 4. The predicted molar refractivity (Wildman–Crippen MR) is 71.0 cm³/mol. The van der Waals surface area contributed by atoms with Gasteiger partial charge in [0.05, 0.1) is 7.11 Å². The maximum atomic E-state index is 5.58. The molecule has 17 heavy (non-hydrogen) atoms. The first-order valence-corrected chi connectivity index (χ1v) is 6.92. The predicted octanol–water partition coefficient (Wildman–Crippen LogP) is 4.57. The van der Waals surface area contributed by atoms with Crippen LogP contribution in [0, 0.1) is 0 Å². The highest BCUT2D eigenvalue weighted by Gasteiger charge is 2.33. The van der Waals surface area contributed by atoms with E-state index in [0.29, 0.717) is 5.92 Å². The van der Waals surface area contributed by atoms with Crippen LogP contribution < -0.4 is 4.74 Å². The van der Waals surface area contributed by atoms with Gasteiger partial charge in [-0.1, -0.05) is 19.9 Å². The third kappa shape index (κ3) is 2.08. The van der Waals surface area contributed by atoms with Gasteiger partial charge in [0.2, 0.25) is 0 Å². The van der Waals surface area contributed by atoms with Gasteiger partial charge >= 0.3 is 0 Å². The first kappa shape index (κ1) is 11.1. The van der Waals surface area contributed by atoms with Gasteiger partial charge in [0.25, 0.3) is 0 Å². The van der Waals surface area contributed by atoms with E-state index >= 15 is 0 Å². The van der Waals surface area contributed by atoms with E-state index in [1.54, 1.807) is 18.2 Å². The van der Waals surface area contributed by atoms with Crippen LogP contribution in [0.5, 0.6) is 5.75 Å². The molecule has 92 valence electrons. The topological polar surface area (TPSA) is 9.23 Å². The molecule has 0 bridgehead atoms. The minimum Gasteiger partial charge on any atom is -0.496 e. The second-order valence-electron chi connectivity index (χ2n) is 5.93. The number of methoxy groups -OCH3 is 1. The fraction of sp³-hybridized carbons (Fsp3) is 0.625. The lowest BCUT2D eigenvalue weighted by Crippen LogP contribution is -2.00. The lowest BCUT2D eigenvalue weighted by Gasteiger charge is -2.17. The highest BCUT2D eigenvalue weighted by atomic mass is 16.5. The zero-order valence-electron chi connectivity index (χ0n) is 11.1. The summed E-state index contributed by atoms with van der Waals surface area (Å²) in [4.78, 5) is 0. The molecule has 0 saturated heterocycles. The molecule has 0 aliphatic heterocycles. The Hall–Kier alpha value is -0.980. The van der Waals surface area contributed by atoms with Crippen LogP contribution in [0.3, 0.4) is 0 Å². The molecular weight excluding hydrogens is 208 g/mol. The summed E-state index contributed by atoms with van der Waals surface area (Å²) in [6.45, 7) is 4.51. The molecule has 2 aliphatic carbocycles. The Morgan fingerprint density at radius 2 is 1.53 bits per heavy atom. The normalized spacial score (nSPS) is 19.8. The van der Waals surface area contributed by atoms with Crippen molar-refractivity contribution < 1.29 is 4.74 Å². The summed E-state index contributed by atoms with van der Waals surface area (Å²) in [5, 5.41) is 0. The lowest BCUT2D eigenvalue weighted by molar-refractivity contribution is 0.406. The fourth-order valence-electron chi connectivity index (χ4n) is 2.75. The fourth-order valence-corrected chi connectivity index (χ4v) is 2.75. The maximum absolute atomic E-state index is 5.58. The van der Waals surface area contributed by atoms with Crippen LogP contribution in [0.15, 0.2) is 12.1 Å². The summed E-state index contributed by atoms with van der Waals surface area (Å²) in [5.41, 5.74) is 4.62. The summed E-state index contributed by atoms with van der Waals surface area (Å²) in [6, 6.07) is 4.77. The van der Waals surface area contributed by atoms with E-state index in [4.69, 9.17) is 4.74 Å². The Bertz CT molecular complexity index is 425. The average molecular weight is 230 g/mol. The number of hydrogen-bond acceptors (Lipinski definition) is 1. The van der Waals surface area contributed by atoms with Crippen LogP contribution in [-0.4, -0.2) is 7.11 Å². The van der Waals surface area contributed by atoms with Gasteiger partial charge in [0, 0.05) is 0 Å². The van der Waals surface area contributed by atoms with E-state index in [1.807, 2.05) is 0 Å². The lowest BCUT2D eigenvalue weighted by atomic mass is 9.92. The molecule has 0 aromatic heterocycles. The molecule has 0 unspecified atom stereocenters. The Morgan fingerprint density at radius 3 is 1.94 bits per heavy atom. The average Bonchev–Trinajstić information content (AvgIpc) is 3.18. The van der Waals surface area contributed by atoms with Crippen molar-refractivity contribution in [3.8, 4) is 5.75 Å². The van der Waals surface area contributed by atoms with Gasteiger partial charge < -0.3 is 4.74 Å². The molecule has 0 heterocycles. The largest absolute Gasteiger partial charge is 0.496 e. The van der Waals surface area contributed by atoms with Crippen molar-refractivity contribution in [3.63, 3.8) is 0 Å². The molecular formula is C16H22O. The second kappa shape index (κ2) is 4.04. The molecule has 0 atom stereocenters. The van der Waals surface area contributed by atoms with Crippen LogP contribution in [-0.2, 0) is 0 Å². The summed E-state index contributed by atoms with van der Waals surface area (Å²) in [6.07, 6.45) is 5.54. The van der Waals surface area contributed by atoms with Crippen molar-refractivity contribution in [2.75, 3.05) is 7.11 Å². The number of ether oxygens (including phenoxy) is 1. The highest BCUT2D eigenvalue weighted by molar-refractivity contribution is 5.49. The van der Waals surface area contributed by atoms with E-state index in [-0.39, 0.29) is 0 Å². The van der Waals surface area contributed by atoms with Crippen molar-refractivity contribution in [2.24, 2.45) is 0 Å². The minimum atomic E-state index is 0.552. The third-order valence-electron chi connectivity index (χ3n) is 4.09. The summed E-state index contributed by atoms with van der Waals surface area (Å²) >= 11 is 0. The van der Waals surface area contributed by atoms with Crippen LogP contribution in [0.25, 0.3) is 0 Å². The van der Waals surface area contributed by atoms with Crippen LogP contribution in [0.2, 0.25) is 0 Å². The molecule has 0 radical (unpaired) electrons. The Balaban J connectivity index is 2.08. The van der Waals surface area contributed by atoms with Gasteiger partial charge in [-0.2, -0.15) is 0 Å². The van der Waals surface area contributed by atoms with Crippen LogP contribution >= 0.6 is 0 Å². The smallest absolute Gasteiger partial charge is 0.122 e. The molecule has 1 heteroatoms. The zero-order chi connectivity index (χ0) is 12.0. The van der Waals surface area contributed by atoms with Crippen LogP contribution in [0.1, 0.15) is 74.0 Å². The summed E-state index contributed by atoms with van der Waals surface area (Å²) < 4.78 is 5.58. The van der Waals surface area contributed by atoms with Crippen molar-refractivity contribution in [2.45, 2.75) is 57.3 Å². The van der Waals surface area contributed by atoms with Gasteiger partial charge in [-0.15, -0.1) is 0 Å². The molecule has 1 aromatic rings. The van der Waals surface area contributed by atoms with Gasteiger partial charge in [-0.05, 0) is 66.2 Å². The second-order valence-corrected chi connectivity index (χ2v) is 5.93. The SMILES string of the molecule is COc1cc(C2CC2)c(C2CC2)cc1C(C)C. The van der Waals surface area contributed by atoms with E-state index in [2.05, 4.69) is 26.0 Å². The van der Waals surface area contributed by atoms with Gasteiger partial charge in [-0.25, -0.2) is 0 Å². The summed E-state index contributed by atoms with van der Waals surface area (Å²) in [7, 11) is 1.80. The van der Waals surface area contributed by atoms with Gasteiger partial charge in [0.15, 0.2) is 0 Å². The van der Waals surface area contributed by atoms with Crippen molar-refractivity contribution >= 4 is 0 Å². The minimum absolute atomic E-state index is 0.552. The quantitative estimate of drug-likeness (QED) is 0.736. The van der Waals surface area contributed by atoms with Crippen molar-refractivity contribution in [1.82, 2.24) is 0 Å². The molecule has 1 nitrogen and oxygen atoms in total. The Kier molecular flexibility index (Phi) is 2.65.